The summed E-state index contributed by atoms with van der Waals surface area (Å²) in [5.41, 5.74) is 4.06. The van der Waals surface area contributed by atoms with Crippen molar-refractivity contribution in [2.24, 2.45) is 5.73 Å². The van der Waals surface area contributed by atoms with E-state index in [-0.39, 0.29) is 0 Å². The van der Waals surface area contributed by atoms with Gasteiger partial charge in [0.25, 0.3) is 5.91 Å². The fourth-order valence-electron chi connectivity index (χ4n) is 3.31. The van der Waals surface area contributed by atoms with Gasteiger partial charge in [-0.15, -0.1) is 0 Å². The summed E-state index contributed by atoms with van der Waals surface area (Å²) < 4.78 is 57.8. The van der Waals surface area contributed by atoms with Gasteiger partial charge in [0.1, 0.15) is 23.3 Å². The maximum Gasteiger partial charge on any atom is 0.258 e. The number of hydrogen-bond donors (Lipinski definition) is 2. The summed E-state index contributed by atoms with van der Waals surface area (Å²) in [6.07, 6.45) is 4.59. The molecule has 168 valence electrons. The van der Waals surface area contributed by atoms with E-state index in [2.05, 4.69) is 10.3 Å². The lowest BCUT2D eigenvalue weighted by Gasteiger charge is -2.22. The maximum atomic E-state index is 15.1. The summed E-state index contributed by atoms with van der Waals surface area (Å²) in [5.74, 6) is -5.76. The molecule has 3 rings (SSSR count). The van der Waals surface area contributed by atoms with Crippen molar-refractivity contribution in [3.05, 3.63) is 77.6 Å². The predicted octanol–water partition coefficient (Wildman–Crippen LogP) is 4.73. The van der Waals surface area contributed by atoms with Gasteiger partial charge in [-0.25, -0.2) is 17.6 Å². The van der Waals surface area contributed by atoms with Gasteiger partial charge in [-0.05, 0) is 49.7 Å². The third kappa shape index (κ3) is 4.88. The zero-order valence-corrected chi connectivity index (χ0v) is 17.3. The predicted molar refractivity (Wildman–Crippen MR) is 115 cm³/mol. The highest BCUT2D eigenvalue weighted by Gasteiger charge is 2.25. The number of benzene rings is 2. The fraction of sp³-hybridized carbons (Fsp3) is 0.217. The van der Waals surface area contributed by atoms with Gasteiger partial charge in [0.2, 0.25) is 0 Å². The minimum absolute atomic E-state index is 0.301. The SMILES string of the molecule is CN(CCCCN)c1ccncc1NC(=O)c1ccc(F)c(-c2c(F)cccc2F)c1F. The van der Waals surface area contributed by atoms with Crippen molar-refractivity contribution < 1.29 is 22.4 Å². The van der Waals surface area contributed by atoms with E-state index in [1.807, 2.05) is 11.9 Å². The van der Waals surface area contributed by atoms with E-state index in [1.165, 1.54) is 6.20 Å². The summed E-state index contributed by atoms with van der Waals surface area (Å²) in [5, 5.41) is 2.55. The van der Waals surface area contributed by atoms with E-state index in [9.17, 15) is 18.0 Å². The molecular formula is C23H22F4N4O. The zero-order valence-electron chi connectivity index (χ0n) is 17.3. The first-order valence-corrected chi connectivity index (χ1v) is 9.94. The van der Waals surface area contributed by atoms with Crippen molar-refractivity contribution in [2.75, 3.05) is 30.4 Å². The second-order valence-electron chi connectivity index (χ2n) is 7.14. The Bertz CT molecular complexity index is 1100. The number of halogens is 4. The van der Waals surface area contributed by atoms with Gasteiger partial charge in [0.05, 0.1) is 34.3 Å². The standard InChI is InChI=1S/C23H22F4N4O/c1-31(12-3-2-10-28)19-9-11-29-13-18(19)30-23(32)14-7-8-17(26)21(22(14)27)20-15(24)5-4-6-16(20)25/h4-9,11,13H,2-3,10,12,28H2,1H3,(H,30,32). The maximum absolute atomic E-state index is 15.1. The number of carbonyl (C=O) groups is 1. The first kappa shape index (κ1) is 23.2. The van der Waals surface area contributed by atoms with Crippen molar-refractivity contribution in [1.82, 2.24) is 4.98 Å². The van der Waals surface area contributed by atoms with Crippen LogP contribution in [0.4, 0.5) is 28.9 Å². The van der Waals surface area contributed by atoms with Gasteiger partial charge in [-0.2, -0.15) is 0 Å². The fourth-order valence-corrected chi connectivity index (χ4v) is 3.31. The van der Waals surface area contributed by atoms with Gasteiger partial charge in [-0.1, -0.05) is 6.07 Å². The number of pyridine rings is 1. The molecule has 0 aliphatic carbocycles. The van der Waals surface area contributed by atoms with Crippen molar-refractivity contribution in [2.45, 2.75) is 12.8 Å². The van der Waals surface area contributed by atoms with Gasteiger partial charge < -0.3 is 16.0 Å². The number of anilines is 2. The van der Waals surface area contributed by atoms with E-state index >= 15 is 4.39 Å². The summed E-state index contributed by atoms with van der Waals surface area (Å²) in [7, 11) is 1.82. The molecule has 1 amide bonds. The molecule has 0 spiro atoms. The van der Waals surface area contributed by atoms with Crippen LogP contribution < -0.4 is 16.0 Å². The minimum atomic E-state index is -1.37. The van der Waals surface area contributed by atoms with Crippen molar-refractivity contribution >= 4 is 17.3 Å². The van der Waals surface area contributed by atoms with Crippen molar-refractivity contribution in [3.63, 3.8) is 0 Å². The van der Waals surface area contributed by atoms with Crippen LogP contribution in [0, 0.1) is 23.3 Å². The lowest BCUT2D eigenvalue weighted by molar-refractivity contribution is 0.102. The highest BCUT2D eigenvalue weighted by atomic mass is 19.1. The Kier molecular flexibility index (Phi) is 7.42. The molecule has 3 aromatic rings. The molecular weight excluding hydrogens is 424 g/mol. The number of unbranched alkanes of at least 4 members (excludes halogenated alkanes) is 1. The van der Waals surface area contributed by atoms with E-state index < -0.39 is 45.9 Å². The largest absolute Gasteiger partial charge is 0.373 e. The van der Waals surface area contributed by atoms with Crippen LogP contribution in [0.5, 0.6) is 0 Å². The molecule has 0 saturated heterocycles. The molecule has 0 atom stereocenters. The summed E-state index contributed by atoms with van der Waals surface area (Å²) >= 11 is 0. The number of nitrogens with zero attached hydrogens (tertiary/aromatic N) is 2. The Labute approximate surface area is 182 Å². The molecule has 1 heterocycles. The molecule has 0 aliphatic rings. The van der Waals surface area contributed by atoms with Crippen LogP contribution in [0.25, 0.3) is 11.1 Å². The lowest BCUT2D eigenvalue weighted by atomic mass is 9.99. The average Bonchev–Trinajstić information content (AvgIpc) is 2.76. The average molecular weight is 446 g/mol. The summed E-state index contributed by atoms with van der Waals surface area (Å²) in [4.78, 5) is 18.7. The molecule has 2 aromatic carbocycles. The molecule has 32 heavy (non-hydrogen) atoms. The molecule has 0 radical (unpaired) electrons. The second-order valence-corrected chi connectivity index (χ2v) is 7.14. The van der Waals surface area contributed by atoms with Gasteiger partial charge in [0, 0.05) is 19.8 Å². The highest BCUT2D eigenvalue weighted by Crippen LogP contribution is 2.33. The van der Waals surface area contributed by atoms with E-state index in [0.717, 1.165) is 43.2 Å². The van der Waals surface area contributed by atoms with E-state index in [4.69, 9.17) is 5.73 Å². The van der Waals surface area contributed by atoms with Crippen LogP contribution in [0.1, 0.15) is 23.2 Å². The Morgan fingerprint density at radius 1 is 1.00 bits per heavy atom. The zero-order chi connectivity index (χ0) is 23.3. The van der Waals surface area contributed by atoms with E-state index in [1.54, 1.807) is 12.3 Å². The third-order valence-corrected chi connectivity index (χ3v) is 4.95. The van der Waals surface area contributed by atoms with Gasteiger partial charge >= 0.3 is 0 Å². The number of aromatic nitrogens is 1. The third-order valence-electron chi connectivity index (χ3n) is 4.95. The quantitative estimate of drug-likeness (QED) is 0.388. The Hall–Kier alpha value is -3.46. The molecule has 0 saturated carbocycles. The highest BCUT2D eigenvalue weighted by molar-refractivity contribution is 6.06. The van der Waals surface area contributed by atoms with Gasteiger partial charge in [-0.3, -0.25) is 9.78 Å². The van der Waals surface area contributed by atoms with Crippen molar-refractivity contribution in [3.8, 4) is 11.1 Å². The van der Waals surface area contributed by atoms with Gasteiger partial charge in [0.15, 0.2) is 0 Å². The van der Waals surface area contributed by atoms with Crippen LogP contribution in [0.2, 0.25) is 0 Å². The summed E-state index contributed by atoms with van der Waals surface area (Å²) in [6.45, 7) is 1.22. The molecule has 5 nitrogen and oxygen atoms in total. The number of hydrogen-bond acceptors (Lipinski definition) is 4. The summed E-state index contributed by atoms with van der Waals surface area (Å²) in [6, 6.07) is 6.23. The Morgan fingerprint density at radius 3 is 2.38 bits per heavy atom. The van der Waals surface area contributed by atoms with Crippen LogP contribution in [-0.4, -0.2) is 31.0 Å². The molecule has 9 heteroatoms. The molecule has 0 bridgehead atoms. The normalized spacial score (nSPS) is 10.8. The Balaban J connectivity index is 1.94. The number of rotatable bonds is 8. The van der Waals surface area contributed by atoms with Crippen LogP contribution in [-0.2, 0) is 0 Å². The smallest absolute Gasteiger partial charge is 0.258 e. The first-order chi connectivity index (χ1) is 15.3. The number of nitrogens with one attached hydrogen (secondary N) is 1. The second kappa shape index (κ2) is 10.2. The first-order valence-electron chi connectivity index (χ1n) is 9.94. The number of amides is 1. The van der Waals surface area contributed by atoms with Crippen LogP contribution in [0.15, 0.2) is 48.8 Å². The molecule has 0 aliphatic heterocycles. The minimum Gasteiger partial charge on any atom is -0.373 e. The van der Waals surface area contributed by atoms with Crippen molar-refractivity contribution in [1.29, 1.82) is 0 Å². The van der Waals surface area contributed by atoms with Crippen LogP contribution >= 0.6 is 0 Å². The van der Waals surface area contributed by atoms with Crippen LogP contribution in [0.3, 0.4) is 0 Å². The molecule has 3 N–H and O–H groups in total. The lowest BCUT2D eigenvalue weighted by Crippen LogP contribution is -2.22. The topological polar surface area (TPSA) is 71.2 Å². The number of nitrogens with two attached hydrogens (primary N) is 1. The molecule has 0 fully saturated rings. The van der Waals surface area contributed by atoms with E-state index in [0.29, 0.717) is 24.5 Å². The monoisotopic (exact) mass is 446 g/mol. The number of carbonyl (C=O) groups excluding carboxylic acids is 1. The Morgan fingerprint density at radius 2 is 1.69 bits per heavy atom. The molecule has 0 unspecified atom stereocenters. The molecule has 1 aromatic heterocycles.